The summed E-state index contributed by atoms with van der Waals surface area (Å²) in [6.07, 6.45) is 4.56. The van der Waals surface area contributed by atoms with Crippen LogP contribution < -0.4 is 0 Å². The fourth-order valence-corrected chi connectivity index (χ4v) is 6.06. The molecule has 0 amide bonds. The molecule has 2 aliphatic heterocycles. The summed E-state index contributed by atoms with van der Waals surface area (Å²) < 4.78 is 31.6. The van der Waals surface area contributed by atoms with Gasteiger partial charge in [0.1, 0.15) is 4.75 Å². The summed E-state index contributed by atoms with van der Waals surface area (Å²) in [4.78, 5) is 2.19. The van der Waals surface area contributed by atoms with E-state index in [0.717, 1.165) is 18.5 Å². The fraction of sp³-hybridized carbons (Fsp3) is 0.786. The van der Waals surface area contributed by atoms with Gasteiger partial charge < -0.3 is 4.74 Å². The van der Waals surface area contributed by atoms with Gasteiger partial charge in [0.05, 0.1) is 18.6 Å². The third-order valence-electron chi connectivity index (χ3n) is 4.77. The first-order valence-electron chi connectivity index (χ1n) is 7.47. The van der Waals surface area contributed by atoms with Gasteiger partial charge in [-0.15, -0.1) is 0 Å². The molecule has 21 heavy (non-hydrogen) atoms. The smallest absolute Gasteiger partial charge is 0.158 e. The van der Waals surface area contributed by atoms with E-state index in [-0.39, 0.29) is 5.92 Å². The van der Waals surface area contributed by atoms with E-state index in [0.29, 0.717) is 32.1 Å². The standard InChI is InChI=1S/C14H23N3O3S/c1-3-20-9-13-4-5-21(18,19)14(13)10-17(11-14)8-12-6-15-16(2)7-12/h6-7,13H,3-5,8-11H2,1-2H3/t13-/m1/s1. The van der Waals surface area contributed by atoms with Crippen LogP contribution in [0.5, 0.6) is 0 Å². The normalized spacial score (nSPS) is 27.0. The summed E-state index contributed by atoms with van der Waals surface area (Å²) in [5.41, 5.74) is 1.13. The van der Waals surface area contributed by atoms with E-state index >= 15 is 0 Å². The van der Waals surface area contributed by atoms with Gasteiger partial charge in [-0.3, -0.25) is 9.58 Å². The number of aromatic nitrogens is 2. The van der Waals surface area contributed by atoms with Gasteiger partial charge in [0.15, 0.2) is 9.84 Å². The third kappa shape index (κ3) is 2.51. The number of sulfone groups is 1. The highest BCUT2D eigenvalue weighted by Gasteiger charge is 2.61. The maximum atomic E-state index is 12.4. The fourth-order valence-electron chi connectivity index (χ4n) is 3.60. The average Bonchev–Trinajstić information content (AvgIpc) is 2.89. The minimum atomic E-state index is -2.99. The van der Waals surface area contributed by atoms with Gasteiger partial charge in [-0.05, 0) is 13.3 Å². The molecule has 1 atom stereocenters. The summed E-state index contributed by atoms with van der Waals surface area (Å²) in [6.45, 7) is 5.19. The van der Waals surface area contributed by atoms with Crippen molar-refractivity contribution < 1.29 is 13.2 Å². The molecule has 0 bridgehead atoms. The highest BCUT2D eigenvalue weighted by molar-refractivity contribution is 7.93. The Kier molecular flexibility index (Phi) is 3.83. The van der Waals surface area contributed by atoms with Crippen LogP contribution in [0.15, 0.2) is 12.4 Å². The molecule has 2 fully saturated rings. The largest absolute Gasteiger partial charge is 0.381 e. The molecule has 118 valence electrons. The number of likely N-dealkylation sites (tertiary alicyclic amines) is 1. The van der Waals surface area contributed by atoms with Gasteiger partial charge in [-0.2, -0.15) is 5.10 Å². The minimum absolute atomic E-state index is 0.146. The van der Waals surface area contributed by atoms with Crippen LogP contribution in [0.3, 0.4) is 0 Å². The SMILES string of the molecule is CCOC[C@H]1CCS(=O)(=O)C12CN(Cc1cnn(C)c1)C2. The zero-order valence-electron chi connectivity index (χ0n) is 12.7. The van der Waals surface area contributed by atoms with E-state index in [1.807, 2.05) is 26.4 Å². The van der Waals surface area contributed by atoms with Crippen LogP contribution in [0.1, 0.15) is 18.9 Å². The molecule has 0 aromatic carbocycles. The second-order valence-electron chi connectivity index (χ2n) is 6.20. The van der Waals surface area contributed by atoms with E-state index in [1.54, 1.807) is 4.68 Å². The molecule has 7 heteroatoms. The van der Waals surface area contributed by atoms with Gasteiger partial charge in [-0.1, -0.05) is 0 Å². The lowest BCUT2D eigenvalue weighted by Gasteiger charge is -2.50. The van der Waals surface area contributed by atoms with E-state index in [4.69, 9.17) is 4.74 Å². The second-order valence-corrected chi connectivity index (χ2v) is 8.65. The molecular weight excluding hydrogens is 290 g/mol. The molecule has 1 spiro atoms. The van der Waals surface area contributed by atoms with Crippen LogP contribution in [0, 0.1) is 5.92 Å². The Bertz CT molecular complexity index is 605. The topological polar surface area (TPSA) is 64.4 Å². The zero-order chi connectivity index (χ0) is 15.1. The Labute approximate surface area is 126 Å². The van der Waals surface area contributed by atoms with Crippen LogP contribution in [0.4, 0.5) is 0 Å². The van der Waals surface area contributed by atoms with Crippen molar-refractivity contribution in [2.75, 3.05) is 32.1 Å². The number of hydrogen-bond acceptors (Lipinski definition) is 5. The lowest BCUT2D eigenvalue weighted by atomic mass is 9.83. The number of rotatable bonds is 5. The highest BCUT2D eigenvalue weighted by atomic mass is 32.2. The predicted octanol–water partition coefficient (Wildman–Crippen LogP) is 0.446. The Hall–Kier alpha value is -0.920. The molecule has 2 aliphatic rings. The average molecular weight is 313 g/mol. The van der Waals surface area contributed by atoms with Crippen molar-refractivity contribution in [2.45, 2.75) is 24.6 Å². The van der Waals surface area contributed by atoms with Gasteiger partial charge in [0.2, 0.25) is 0 Å². The molecule has 0 aliphatic carbocycles. The molecule has 0 radical (unpaired) electrons. The maximum Gasteiger partial charge on any atom is 0.158 e. The van der Waals surface area contributed by atoms with Crippen molar-refractivity contribution in [3.63, 3.8) is 0 Å². The zero-order valence-corrected chi connectivity index (χ0v) is 13.5. The number of aryl methyl sites for hydroxylation is 1. The van der Waals surface area contributed by atoms with E-state index in [2.05, 4.69) is 10.00 Å². The van der Waals surface area contributed by atoms with Crippen LogP contribution in [0.2, 0.25) is 0 Å². The number of hydrogen-bond donors (Lipinski definition) is 0. The summed E-state index contributed by atoms with van der Waals surface area (Å²) in [5, 5.41) is 4.15. The van der Waals surface area contributed by atoms with Crippen LogP contribution in [-0.4, -0.2) is 59.9 Å². The van der Waals surface area contributed by atoms with Crippen molar-refractivity contribution in [3.05, 3.63) is 18.0 Å². The first-order valence-corrected chi connectivity index (χ1v) is 9.12. The van der Waals surface area contributed by atoms with Crippen molar-refractivity contribution in [3.8, 4) is 0 Å². The summed E-state index contributed by atoms with van der Waals surface area (Å²) in [6, 6.07) is 0. The summed E-state index contributed by atoms with van der Waals surface area (Å²) >= 11 is 0. The van der Waals surface area contributed by atoms with Gasteiger partial charge in [0.25, 0.3) is 0 Å². The van der Waals surface area contributed by atoms with Gasteiger partial charge in [0, 0.05) is 51.0 Å². The van der Waals surface area contributed by atoms with Gasteiger partial charge in [-0.25, -0.2) is 8.42 Å². The van der Waals surface area contributed by atoms with Gasteiger partial charge >= 0.3 is 0 Å². The molecule has 1 aromatic heterocycles. The summed E-state index contributed by atoms with van der Waals surface area (Å²) in [7, 11) is -1.10. The molecule has 6 nitrogen and oxygen atoms in total. The van der Waals surface area contributed by atoms with Crippen molar-refractivity contribution in [1.29, 1.82) is 0 Å². The first-order chi connectivity index (χ1) is 9.97. The molecule has 0 N–H and O–H groups in total. The molecule has 0 saturated carbocycles. The predicted molar refractivity (Wildman–Crippen MR) is 79.6 cm³/mol. The second kappa shape index (κ2) is 5.37. The van der Waals surface area contributed by atoms with E-state index < -0.39 is 14.6 Å². The van der Waals surface area contributed by atoms with Crippen LogP contribution in [0.25, 0.3) is 0 Å². The molecule has 0 unspecified atom stereocenters. The van der Waals surface area contributed by atoms with Crippen molar-refractivity contribution in [2.24, 2.45) is 13.0 Å². The Morgan fingerprint density at radius 3 is 2.86 bits per heavy atom. The number of nitrogens with zero attached hydrogens (tertiary/aromatic N) is 3. The molecule has 3 rings (SSSR count). The van der Waals surface area contributed by atoms with Crippen LogP contribution >= 0.6 is 0 Å². The molecular formula is C14H23N3O3S. The molecule has 1 aromatic rings. The Balaban J connectivity index is 1.67. The quantitative estimate of drug-likeness (QED) is 0.789. The highest BCUT2D eigenvalue weighted by Crippen LogP contribution is 2.45. The van der Waals surface area contributed by atoms with Crippen LogP contribution in [-0.2, 0) is 28.2 Å². The molecule has 3 heterocycles. The monoisotopic (exact) mass is 313 g/mol. The maximum absolute atomic E-state index is 12.4. The minimum Gasteiger partial charge on any atom is -0.381 e. The van der Waals surface area contributed by atoms with Crippen molar-refractivity contribution in [1.82, 2.24) is 14.7 Å². The van der Waals surface area contributed by atoms with E-state index in [9.17, 15) is 8.42 Å². The molecule has 2 saturated heterocycles. The number of ether oxygens (including phenoxy) is 1. The first kappa shape index (κ1) is 15.0. The van der Waals surface area contributed by atoms with E-state index in [1.165, 1.54) is 0 Å². The Morgan fingerprint density at radius 1 is 1.48 bits per heavy atom. The van der Waals surface area contributed by atoms with Crippen molar-refractivity contribution >= 4 is 9.84 Å². The summed E-state index contributed by atoms with van der Waals surface area (Å²) in [5.74, 6) is 0.457. The Morgan fingerprint density at radius 2 is 2.24 bits per heavy atom. The lowest BCUT2D eigenvalue weighted by Crippen LogP contribution is -2.67. The lowest BCUT2D eigenvalue weighted by molar-refractivity contribution is 0.0292. The third-order valence-corrected chi connectivity index (χ3v) is 7.37.